The van der Waals surface area contributed by atoms with E-state index in [1.165, 1.54) is 11.1 Å². The highest BCUT2D eigenvalue weighted by atomic mass is 16.5. The molecule has 0 bridgehead atoms. The van der Waals surface area contributed by atoms with Gasteiger partial charge in [0, 0.05) is 29.9 Å². The van der Waals surface area contributed by atoms with Crippen molar-refractivity contribution in [3.05, 3.63) is 65.5 Å². The van der Waals surface area contributed by atoms with Crippen molar-refractivity contribution in [2.75, 3.05) is 32.8 Å². The maximum Gasteiger partial charge on any atom is 0.165 e. The molecule has 0 aliphatic carbocycles. The van der Waals surface area contributed by atoms with Crippen LogP contribution in [0.15, 0.2) is 48.7 Å². The first kappa shape index (κ1) is 20.2. The topological polar surface area (TPSA) is 61.1 Å². The van der Waals surface area contributed by atoms with Crippen molar-refractivity contribution in [3.8, 4) is 28.4 Å². The van der Waals surface area contributed by atoms with Crippen molar-refractivity contribution >= 4 is 11.5 Å². The lowest BCUT2D eigenvalue weighted by Gasteiger charge is -2.20. The second kappa shape index (κ2) is 8.07. The zero-order chi connectivity index (χ0) is 22.2. The summed E-state index contributed by atoms with van der Waals surface area (Å²) in [5.74, 6) is 3.37. The van der Waals surface area contributed by atoms with Gasteiger partial charge in [0.1, 0.15) is 11.6 Å². The van der Waals surface area contributed by atoms with Gasteiger partial charge >= 0.3 is 0 Å². The van der Waals surface area contributed by atoms with Crippen LogP contribution in [0.25, 0.3) is 16.8 Å². The molecule has 0 atom stereocenters. The van der Waals surface area contributed by atoms with Gasteiger partial charge in [-0.05, 0) is 48.7 Å². The Balaban J connectivity index is 1.57. The van der Waals surface area contributed by atoms with Gasteiger partial charge in [-0.25, -0.2) is 4.98 Å². The number of hydrogen-bond donors (Lipinski definition) is 0. The largest absolute Gasteiger partial charge is 0.497 e. The summed E-state index contributed by atoms with van der Waals surface area (Å²) in [7, 11) is 4.97. The van der Waals surface area contributed by atoms with Gasteiger partial charge in [0.05, 0.1) is 27.5 Å². The van der Waals surface area contributed by atoms with Gasteiger partial charge in [-0.1, -0.05) is 18.2 Å². The van der Waals surface area contributed by atoms with E-state index in [9.17, 15) is 0 Å². The van der Waals surface area contributed by atoms with Crippen LogP contribution in [0.5, 0.6) is 17.2 Å². The number of aromatic nitrogens is 3. The van der Waals surface area contributed by atoms with Gasteiger partial charge in [-0.15, -0.1) is 0 Å². The van der Waals surface area contributed by atoms with Gasteiger partial charge in [0.2, 0.25) is 0 Å². The fourth-order valence-corrected chi connectivity index (χ4v) is 4.40. The number of aryl methyl sites for hydroxylation is 1. The molecule has 164 valence electrons. The monoisotopic (exact) mass is 430 g/mol. The van der Waals surface area contributed by atoms with Crippen LogP contribution in [-0.2, 0) is 13.0 Å². The summed E-state index contributed by atoms with van der Waals surface area (Å²) < 4.78 is 18.1. The van der Waals surface area contributed by atoms with Crippen LogP contribution in [0, 0.1) is 6.92 Å². The van der Waals surface area contributed by atoms with Gasteiger partial charge in [-0.2, -0.15) is 9.61 Å². The first-order valence-electron chi connectivity index (χ1n) is 10.6. The highest BCUT2D eigenvalue weighted by molar-refractivity contribution is 5.80. The number of anilines is 1. The lowest BCUT2D eigenvalue weighted by Crippen LogP contribution is -2.22. The Hall–Kier alpha value is -3.74. The molecule has 1 aliphatic heterocycles. The highest BCUT2D eigenvalue weighted by Gasteiger charge is 2.27. The molecule has 2 aromatic carbocycles. The average molecular weight is 431 g/mol. The second-order valence-corrected chi connectivity index (χ2v) is 7.88. The minimum Gasteiger partial charge on any atom is -0.497 e. The first-order chi connectivity index (χ1) is 15.6. The standard InChI is InChI=1S/C25H26N4O3/c1-16-20-11-12-28(15-17-5-8-19(30-2)9-6-17)25(20)29-24(27-16)21(14-26-29)18-7-10-22(31-3)23(13-18)32-4/h5-10,13-14H,11-12,15H2,1-4H3. The average Bonchev–Trinajstić information content (AvgIpc) is 3.43. The van der Waals surface area contributed by atoms with Crippen LogP contribution in [-0.4, -0.2) is 42.5 Å². The summed E-state index contributed by atoms with van der Waals surface area (Å²) in [5.41, 5.74) is 6.33. The van der Waals surface area contributed by atoms with Crippen LogP contribution >= 0.6 is 0 Å². The van der Waals surface area contributed by atoms with E-state index >= 15 is 0 Å². The summed E-state index contributed by atoms with van der Waals surface area (Å²) in [6, 6.07) is 14.1. The van der Waals surface area contributed by atoms with Crippen LogP contribution < -0.4 is 19.1 Å². The van der Waals surface area contributed by atoms with E-state index in [2.05, 4.69) is 24.0 Å². The molecule has 0 radical (unpaired) electrons. The molecule has 5 rings (SSSR count). The Labute approximate surface area is 187 Å². The second-order valence-electron chi connectivity index (χ2n) is 7.88. The number of fused-ring (bicyclic) bond motifs is 3. The molecule has 0 fully saturated rings. The molecule has 0 saturated heterocycles. The van der Waals surface area contributed by atoms with Crippen LogP contribution in [0.2, 0.25) is 0 Å². The number of ether oxygens (including phenoxy) is 3. The van der Waals surface area contributed by atoms with Gasteiger partial charge < -0.3 is 19.1 Å². The zero-order valence-corrected chi connectivity index (χ0v) is 18.8. The third-order valence-electron chi connectivity index (χ3n) is 6.08. The summed E-state index contributed by atoms with van der Waals surface area (Å²) in [5, 5.41) is 4.75. The smallest absolute Gasteiger partial charge is 0.165 e. The minimum absolute atomic E-state index is 0.684. The molecule has 3 heterocycles. The molecule has 1 aliphatic rings. The van der Waals surface area contributed by atoms with Gasteiger partial charge in [0.25, 0.3) is 0 Å². The zero-order valence-electron chi connectivity index (χ0n) is 18.8. The summed E-state index contributed by atoms with van der Waals surface area (Å²) >= 11 is 0. The van der Waals surface area contributed by atoms with E-state index < -0.39 is 0 Å². The van der Waals surface area contributed by atoms with Crippen molar-refractivity contribution in [2.24, 2.45) is 0 Å². The maximum atomic E-state index is 5.49. The van der Waals surface area contributed by atoms with E-state index in [1.807, 2.05) is 41.0 Å². The molecule has 0 N–H and O–H groups in total. The van der Waals surface area contributed by atoms with Gasteiger partial charge in [0.15, 0.2) is 17.1 Å². The molecule has 0 spiro atoms. The third-order valence-corrected chi connectivity index (χ3v) is 6.08. The highest BCUT2D eigenvalue weighted by Crippen LogP contribution is 2.37. The van der Waals surface area contributed by atoms with Crippen molar-refractivity contribution in [1.82, 2.24) is 14.6 Å². The van der Waals surface area contributed by atoms with Crippen molar-refractivity contribution in [2.45, 2.75) is 19.9 Å². The Kier molecular flexibility index (Phi) is 5.09. The quantitative estimate of drug-likeness (QED) is 0.455. The lowest BCUT2D eigenvalue weighted by atomic mass is 10.1. The predicted octanol–water partition coefficient (Wildman–Crippen LogP) is 4.29. The Morgan fingerprint density at radius 3 is 2.44 bits per heavy atom. The first-order valence-corrected chi connectivity index (χ1v) is 10.6. The molecular formula is C25H26N4O3. The van der Waals surface area contributed by atoms with Crippen LogP contribution in [0.3, 0.4) is 0 Å². The summed E-state index contributed by atoms with van der Waals surface area (Å²) in [6.07, 6.45) is 2.85. The molecule has 0 unspecified atom stereocenters. The predicted molar refractivity (Wildman–Crippen MR) is 124 cm³/mol. The molecule has 2 aromatic heterocycles. The molecule has 7 nitrogen and oxygen atoms in total. The van der Waals surface area contributed by atoms with Crippen LogP contribution in [0.1, 0.15) is 16.8 Å². The molecular weight excluding hydrogens is 404 g/mol. The number of benzene rings is 2. The van der Waals surface area contributed by atoms with Gasteiger partial charge in [-0.3, -0.25) is 0 Å². The van der Waals surface area contributed by atoms with Crippen LogP contribution in [0.4, 0.5) is 5.82 Å². The number of nitrogens with zero attached hydrogens (tertiary/aromatic N) is 4. The summed E-state index contributed by atoms with van der Waals surface area (Å²) in [6.45, 7) is 3.83. The molecule has 0 saturated carbocycles. The SMILES string of the molecule is COc1ccc(CN2CCc3c(C)nc4c(-c5ccc(OC)c(OC)c5)cnn4c32)cc1. The lowest BCUT2D eigenvalue weighted by molar-refractivity contribution is 0.355. The fraction of sp³-hybridized carbons (Fsp3) is 0.280. The molecule has 7 heteroatoms. The van der Waals surface area contributed by atoms with Crippen molar-refractivity contribution in [3.63, 3.8) is 0 Å². The van der Waals surface area contributed by atoms with E-state index in [1.54, 1.807) is 21.3 Å². The van der Waals surface area contributed by atoms with E-state index in [0.29, 0.717) is 11.5 Å². The Morgan fingerprint density at radius 1 is 0.938 bits per heavy atom. The van der Waals surface area contributed by atoms with E-state index in [0.717, 1.165) is 53.5 Å². The fourth-order valence-electron chi connectivity index (χ4n) is 4.40. The Bertz CT molecular complexity index is 1280. The van der Waals surface area contributed by atoms with Crippen molar-refractivity contribution < 1.29 is 14.2 Å². The minimum atomic E-state index is 0.684. The maximum absolute atomic E-state index is 5.49. The molecule has 4 aromatic rings. The van der Waals surface area contributed by atoms with E-state index in [4.69, 9.17) is 24.3 Å². The third kappa shape index (κ3) is 3.30. The summed E-state index contributed by atoms with van der Waals surface area (Å²) in [4.78, 5) is 7.31. The molecule has 0 amide bonds. The number of methoxy groups -OCH3 is 3. The van der Waals surface area contributed by atoms with Crippen molar-refractivity contribution in [1.29, 1.82) is 0 Å². The number of hydrogen-bond acceptors (Lipinski definition) is 6. The van der Waals surface area contributed by atoms with E-state index in [-0.39, 0.29) is 0 Å². The molecule has 32 heavy (non-hydrogen) atoms. The number of rotatable bonds is 6. The normalized spacial score (nSPS) is 12.8. The Morgan fingerprint density at radius 2 is 1.72 bits per heavy atom.